The molecule has 3 rings (SSSR count). The van der Waals surface area contributed by atoms with Gasteiger partial charge in [0.1, 0.15) is 0 Å². The van der Waals surface area contributed by atoms with Crippen molar-refractivity contribution >= 4 is 15.9 Å². The molecule has 6 heteroatoms. The van der Waals surface area contributed by atoms with Gasteiger partial charge in [-0.25, -0.2) is 12.7 Å². The van der Waals surface area contributed by atoms with Crippen LogP contribution in [0.3, 0.4) is 0 Å². The van der Waals surface area contributed by atoms with Crippen molar-refractivity contribution in [3.63, 3.8) is 0 Å². The van der Waals surface area contributed by atoms with E-state index < -0.39 is 10.0 Å². The minimum Gasteiger partial charge on any atom is -0.343 e. The van der Waals surface area contributed by atoms with E-state index in [1.807, 2.05) is 4.90 Å². The summed E-state index contributed by atoms with van der Waals surface area (Å²) < 4.78 is 27.2. The summed E-state index contributed by atoms with van der Waals surface area (Å²) >= 11 is 0. The van der Waals surface area contributed by atoms with Crippen molar-refractivity contribution in [3.8, 4) is 0 Å². The summed E-state index contributed by atoms with van der Waals surface area (Å²) in [5, 5.41) is 0. The third kappa shape index (κ3) is 5.44. The number of likely N-dealkylation sites (tertiary alicyclic amines) is 1. The highest BCUT2D eigenvalue weighted by atomic mass is 32.2. The first-order chi connectivity index (χ1) is 12.6. The van der Waals surface area contributed by atoms with Crippen molar-refractivity contribution in [1.29, 1.82) is 0 Å². The highest BCUT2D eigenvalue weighted by molar-refractivity contribution is 7.89. The molecule has 0 aromatic carbocycles. The zero-order valence-corrected chi connectivity index (χ0v) is 17.0. The molecule has 5 nitrogen and oxygen atoms in total. The van der Waals surface area contributed by atoms with Crippen molar-refractivity contribution in [2.45, 2.75) is 77.0 Å². The molecule has 150 valence electrons. The van der Waals surface area contributed by atoms with Crippen LogP contribution in [0.4, 0.5) is 0 Å². The number of hydrogen-bond donors (Lipinski definition) is 0. The van der Waals surface area contributed by atoms with Crippen LogP contribution < -0.4 is 0 Å². The summed E-state index contributed by atoms with van der Waals surface area (Å²) in [5.74, 6) is 1.58. The molecule has 1 saturated carbocycles. The number of rotatable bonds is 5. The highest BCUT2D eigenvalue weighted by Gasteiger charge is 2.35. The lowest BCUT2D eigenvalue weighted by molar-refractivity contribution is -0.131. The molecule has 2 saturated heterocycles. The summed E-state index contributed by atoms with van der Waals surface area (Å²) in [6.07, 6.45) is 12.7. The van der Waals surface area contributed by atoms with E-state index in [0.29, 0.717) is 31.8 Å². The molecule has 1 amide bonds. The number of fused-ring (bicyclic) bond motifs is 1. The first-order valence-electron chi connectivity index (χ1n) is 10.8. The summed E-state index contributed by atoms with van der Waals surface area (Å²) in [6, 6.07) is 0. The lowest BCUT2D eigenvalue weighted by atomic mass is 9.76. The topological polar surface area (TPSA) is 57.7 Å². The fourth-order valence-electron chi connectivity index (χ4n) is 5.01. The van der Waals surface area contributed by atoms with Crippen molar-refractivity contribution < 1.29 is 13.2 Å². The molecular weight excluding hydrogens is 348 g/mol. The van der Waals surface area contributed by atoms with Crippen molar-refractivity contribution in [1.82, 2.24) is 9.21 Å². The molecule has 0 aromatic rings. The lowest BCUT2D eigenvalue weighted by Gasteiger charge is -2.40. The van der Waals surface area contributed by atoms with Gasteiger partial charge >= 0.3 is 0 Å². The Morgan fingerprint density at radius 1 is 0.808 bits per heavy atom. The molecule has 1 aliphatic carbocycles. The van der Waals surface area contributed by atoms with E-state index in [1.165, 1.54) is 44.9 Å². The summed E-state index contributed by atoms with van der Waals surface area (Å²) in [7, 11) is -3.21. The maximum atomic E-state index is 12.7. The molecule has 3 aliphatic rings. The molecule has 0 radical (unpaired) electrons. The second kappa shape index (κ2) is 9.54. The number of carbonyl (C=O) groups is 1. The Morgan fingerprint density at radius 2 is 1.46 bits per heavy atom. The maximum Gasteiger partial charge on any atom is 0.222 e. The summed E-state index contributed by atoms with van der Waals surface area (Å²) in [4.78, 5) is 14.4. The molecule has 0 spiro atoms. The number of hydrogen-bond acceptors (Lipinski definition) is 3. The predicted octanol–water partition coefficient (Wildman–Crippen LogP) is 3.40. The average Bonchev–Trinajstić information content (AvgIpc) is 2.60. The van der Waals surface area contributed by atoms with Gasteiger partial charge in [0.05, 0.1) is 5.75 Å². The fraction of sp³-hybridized carbons (Fsp3) is 0.950. The van der Waals surface area contributed by atoms with Crippen LogP contribution in [0, 0.1) is 11.8 Å². The molecule has 0 bridgehead atoms. The van der Waals surface area contributed by atoms with Gasteiger partial charge in [0.2, 0.25) is 15.9 Å². The van der Waals surface area contributed by atoms with Crippen LogP contribution in [0.25, 0.3) is 0 Å². The van der Waals surface area contributed by atoms with Crippen LogP contribution in [-0.4, -0.2) is 55.5 Å². The van der Waals surface area contributed by atoms with Crippen molar-refractivity contribution in [2.75, 3.05) is 31.9 Å². The largest absolute Gasteiger partial charge is 0.343 e. The maximum absolute atomic E-state index is 12.7. The molecule has 2 unspecified atom stereocenters. The number of piperidine rings is 1. The molecule has 0 N–H and O–H groups in total. The van der Waals surface area contributed by atoms with Gasteiger partial charge in [-0.05, 0) is 43.9 Å². The van der Waals surface area contributed by atoms with Gasteiger partial charge in [-0.15, -0.1) is 0 Å². The van der Waals surface area contributed by atoms with Crippen molar-refractivity contribution in [3.05, 3.63) is 0 Å². The third-order valence-corrected chi connectivity index (χ3v) is 8.57. The minimum absolute atomic E-state index is 0.129. The van der Waals surface area contributed by atoms with E-state index in [-0.39, 0.29) is 11.7 Å². The Kier molecular flexibility index (Phi) is 7.38. The Bertz CT molecular complexity index is 555. The van der Waals surface area contributed by atoms with Crippen LogP contribution in [-0.2, 0) is 14.8 Å². The number of sulfonamides is 1. The third-order valence-electron chi connectivity index (χ3n) is 6.65. The Morgan fingerprint density at radius 3 is 2.19 bits per heavy atom. The van der Waals surface area contributed by atoms with E-state index in [9.17, 15) is 13.2 Å². The molecule has 2 atom stereocenters. The second-order valence-electron chi connectivity index (χ2n) is 8.52. The van der Waals surface area contributed by atoms with Gasteiger partial charge in [0.15, 0.2) is 0 Å². The summed E-state index contributed by atoms with van der Waals surface area (Å²) in [6.45, 7) is 3.10. The second-order valence-corrected chi connectivity index (χ2v) is 10.6. The minimum atomic E-state index is -3.21. The summed E-state index contributed by atoms with van der Waals surface area (Å²) in [5.41, 5.74) is 0. The highest BCUT2D eigenvalue weighted by Crippen LogP contribution is 2.36. The Balaban J connectivity index is 1.43. The molecule has 3 fully saturated rings. The fourth-order valence-corrected chi connectivity index (χ4v) is 6.58. The molecular formula is C20H36N2O3S. The molecule has 2 heterocycles. The van der Waals surface area contributed by atoms with Crippen LogP contribution in [0.5, 0.6) is 0 Å². The van der Waals surface area contributed by atoms with Gasteiger partial charge in [-0.3, -0.25) is 4.79 Å². The zero-order chi connectivity index (χ0) is 18.4. The van der Waals surface area contributed by atoms with E-state index in [1.54, 1.807) is 4.31 Å². The van der Waals surface area contributed by atoms with Crippen LogP contribution in [0.2, 0.25) is 0 Å². The molecule has 0 aromatic heterocycles. The quantitative estimate of drug-likeness (QED) is 0.730. The first kappa shape index (κ1) is 20.1. The number of nitrogens with zero attached hydrogens (tertiary/aromatic N) is 2. The number of carbonyl (C=O) groups excluding carboxylic acids is 1. The van der Waals surface area contributed by atoms with Gasteiger partial charge in [0, 0.05) is 32.6 Å². The normalized spacial score (nSPS) is 28.8. The molecule has 26 heavy (non-hydrogen) atoms. The van der Waals surface area contributed by atoms with Gasteiger partial charge in [0.25, 0.3) is 0 Å². The molecule has 2 aliphatic heterocycles. The van der Waals surface area contributed by atoms with Gasteiger partial charge < -0.3 is 4.90 Å². The first-order valence-corrected chi connectivity index (χ1v) is 12.4. The van der Waals surface area contributed by atoms with E-state index in [4.69, 9.17) is 0 Å². The van der Waals surface area contributed by atoms with Gasteiger partial charge in [-0.2, -0.15) is 0 Å². The van der Waals surface area contributed by atoms with Gasteiger partial charge in [-0.1, -0.05) is 38.5 Å². The van der Waals surface area contributed by atoms with E-state index >= 15 is 0 Å². The average molecular weight is 385 g/mol. The van der Waals surface area contributed by atoms with Crippen molar-refractivity contribution in [2.24, 2.45) is 11.8 Å². The Labute approximate surface area is 159 Å². The monoisotopic (exact) mass is 384 g/mol. The predicted molar refractivity (Wildman–Crippen MR) is 104 cm³/mol. The smallest absolute Gasteiger partial charge is 0.222 e. The SMILES string of the molecule is O=C(CCCS(=O)(=O)N1CCC2CCCCC2C1)N1CCCCCCC1. The number of amides is 1. The van der Waals surface area contributed by atoms with E-state index in [2.05, 4.69) is 0 Å². The lowest BCUT2D eigenvalue weighted by Crippen LogP contribution is -2.45. The van der Waals surface area contributed by atoms with Crippen LogP contribution >= 0.6 is 0 Å². The van der Waals surface area contributed by atoms with Crippen LogP contribution in [0.1, 0.15) is 77.0 Å². The standard InChI is InChI=1S/C20H36N2O3S/c23-20(21-13-6-2-1-3-7-14-21)11-8-16-26(24,25)22-15-12-18-9-4-5-10-19(18)17-22/h18-19H,1-17H2. The van der Waals surface area contributed by atoms with E-state index in [0.717, 1.165) is 38.3 Å². The Hall–Kier alpha value is -0.620. The van der Waals surface area contributed by atoms with Crippen LogP contribution in [0.15, 0.2) is 0 Å². The zero-order valence-electron chi connectivity index (χ0n) is 16.2.